The Morgan fingerprint density at radius 1 is 0.944 bits per heavy atom. The molecular formula is C17H16O. The van der Waals surface area contributed by atoms with Crippen LogP contribution in [0.5, 0.6) is 0 Å². The minimum Gasteiger partial charge on any atom is -0.289 e. The molecule has 0 atom stereocenters. The zero-order chi connectivity index (χ0) is 12.5. The number of rotatable bonds is 1. The molecule has 1 aliphatic rings. The highest BCUT2D eigenvalue weighted by Crippen LogP contribution is 2.25. The highest BCUT2D eigenvalue weighted by atomic mass is 16.1. The van der Waals surface area contributed by atoms with Gasteiger partial charge < -0.3 is 0 Å². The predicted molar refractivity (Wildman–Crippen MR) is 73.1 cm³/mol. The van der Waals surface area contributed by atoms with E-state index in [0.717, 1.165) is 30.4 Å². The molecule has 0 amide bonds. The lowest BCUT2D eigenvalue weighted by atomic mass is 9.97. The smallest absolute Gasteiger partial charge is 0.193 e. The SMILES string of the molecule is CCc1ccc2c(c1)CCc1ccccc1C2=O. The number of benzene rings is 2. The van der Waals surface area contributed by atoms with E-state index < -0.39 is 0 Å². The summed E-state index contributed by atoms with van der Waals surface area (Å²) in [5, 5.41) is 0. The van der Waals surface area contributed by atoms with Crippen molar-refractivity contribution in [1.82, 2.24) is 0 Å². The molecule has 18 heavy (non-hydrogen) atoms. The summed E-state index contributed by atoms with van der Waals surface area (Å²) in [6.45, 7) is 2.15. The molecule has 0 unspecified atom stereocenters. The molecule has 1 nitrogen and oxygen atoms in total. The van der Waals surface area contributed by atoms with Crippen LogP contribution in [0.3, 0.4) is 0 Å². The standard InChI is InChI=1S/C17H16O/c1-2-12-7-10-16-14(11-12)9-8-13-5-3-4-6-15(13)17(16)18/h3-7,10-11H,2,8-9H2,1H3. The maximum Gasteiger partial charge on any atom is 0.193 e. The summed E-state index contributed by atoms with van der Waals surface area (Å²) in [6, 6.07) is 14.2. The van der Waals surface area contributed by atoms with Gasteiger partial charge in [0.1, 0.15) is 0 Å². The van der Waals surface area contributed by atoms with Crippen LogP contribution in [0.25, 0.3) is 0 Å². The lowest BCUT2D eigenvalue weighted by Gasteiger charge is -2.06. The Labute approximate surface area is 107 Å². The summed E-state index contributed by atoms with van der Waals surface area (Å²) in [5.74, 6) is 0.181. The van der Waals surface area contributed by atoms with Gasteiger partial charge in [0.25, 0.3) is 0 Å². The van der Waals surface area contributed by atoms with Crippen LogP contribution >= 0.6 is 0 Å². The van der Waals surface area contributed by atoms with Crippen LogP contribution in [0.15, 0.2) is 42.5 Å². The molecule has 1 aliphatic carbocycles. The van der Waals surface area contributed by atoms with E-state index >= 15 is 0 Å². The molecule has 1 heteroatoms. The summed E-state index contributed by atoms with van der Waals surface area (Å²) in [7, 11) is 0. The Morgan fingerprint density at radius 3 is 2.50 bits per heavy atom. The van der Waals surface area contributed by atoms with Crippen molar-refractivity contribution < 1.29 is 4.79 Å². The lowest BCUT2D eigenvalue weighted by Crippen LogP contribution is -2.04. The average molecular weight is 236 g/mol. The van der Waals surface area contributed by atoms with Gasteiger partial charge in [-0.1, -0.05) is 49.4 Å². The van der Waals surface area contributed by atoms with E-state index in [1.54, 1.807) is 0 Å². The maximum atomic E-state index is 12.5. The number of carbonyl (C=O) groups excluding carboxylic acids is 1. The van der Waals surface area contributed by atoms with Crippen LogP contribution in [0.2, 0.25) is 0 Å². The monoisotopic (exact) mass is 236 g/mol. The van der Waals surface area contributed by atoms with E-state index in [4.69, 9.17) is 0 Å². The molecule has 0 fully saturated rings. The summed E-state index contributed by atoms with van der Waals surface area (Å²) in [6.07, 6.45) is 2.95. The van der Waals surface area contributed by atoms with E-state index in [0.29, 0.717) is 0 Å². The third kappa shape index (κ3) is 1.76. The molecule has 0 radical (unpaired) electrons. The van der Waals surface area contributed by atoms with Gasteiger partial charge in [0, 0.05) is 11.1 Å². The molecule has 90 valence electrons. The van der Waals surface area contributed by atoms with Crippen LogP contribution in [0.4, 0.5) is 0 Å². The molecule has 0 saturated heterocycles. The maximum absolute atomic E-state index is 12.5. The summed E-state index contributed by atoms with van der Waals surface area (Å²) in [4.78, 5) is 12.5. The van der Waals surface area contributed by atoms with Gasteiger partial charge in [0.05, 0.1) is 0 Å². The van der Waals surface area contributed by atoms with Crippen LogP contribution in [-0.4, -0.2) is 5.78 Å². The summed E-state index contributed by atoms with van der Waals surface area (Å²) >= 11 is 0. The number of fused-ring (bicyclic) bond motifs is 2. The fraction of sp³-hybridized carbons (Fsp3) is 0.235. The molecule has 0 spiro atoms. The van der Waals surface area contributed by atoms with Crippen molar-refractivity contribution in [3.63, 3.8) is 0 Å². The Hall–Kier alpha value is -1.89. The van der Waals surface area contributed by atoms with Crippen LogP contribution in [0.1, 0.15) is 39.5 Å². The predicted octanol–water partition coefficient (Wildman–Crippen LogP) is 3.58. The molecule has 2 aromatic rings. The summed E-state index contributed by atoms with van der Waals surface area (Å²) in [5.41, 5.74) is 5.46. The van der Waals surface area contributed by atoms with E-state index in [1.165, 1.54) is 16.7 Å². The molecule has 0 aliphatic heterocycles. The fourth-order valence-electron chi connectivity index (χ4n) is 2.67. The average Bonchev–Trinajstić information content (AvgIpc) is 2.57. The Bertz CT molecular complexity index is 611. The fourth-order valence-corrected chi connectivity index (χ4v) is 2.67. The molecular weight excluding hydrogens is 220 g/mol. The van der Waals surface area contributed by atoms with E-state index in [2.05, 4.69) is 25.1 Å². The third-order valence-corrected chi connectivity index (χ3v) is 3.75. The topological polar surface area (TPSA) is 17.1 Å². The van der Waals surface area contributed by atoms with Gasteiger partial charge in [-0.2, -0.15) is 0 Å². The second-order valence-electron chi connectivity index (χ2n) is 4.83. The zero-order valence-corrected chi connectivity index (χ0v) is 10.6. The van der Waals surface area contributed by atoms with Crippen molar-refractivity contribution >= 4 is 5.78 Å². The highest BCUT2D eigenvalue weighted by molar-refractivity contribution is 6.11. The highest BCUT2D eigenvalue weighted by Gasteiger charge is 2.20. The zero-order valence-electron chi connectivity index (χ0n) is 10.6. The largest absolute Gasteiger partial charge is 0.289 e. The Kier molecular flexibility index (Phi) is 2.75. The molecule has 3 rings (SSSR count). The number of hydrogen-bond acceptors (Lipinski definition) is 1. The lowest BCUT2D eigenvalue weighted by molar-refractivity contribution is 0.103. The van der Waals surface area contributed by atoms with Gasteiger partial charge in [-0.05, 0) is 36.0 Å². The van der Waals surface area contributed by atoms with Gasteiger partial charge in [-0.3, -0.25) is 4.79 Å². The second-order valence-corrected chi connectivity index (χ2v) is 4.83. The summed E-state index contributed by atoms with van der Waals surface area (Å²) < 4.78 is 0. The molecule has 0 aromatic heterocycles. The van der Waals surface area contributed by atoms with Gasteiger partial charge in [-0.25, -0.2) is 0 Å². The molecule has 0 bridgehead atoms. The second kappa shape index (κ2) is 4.41. The molecule has 0 saturated carbocycles. The van der Waals surface area contributed by atoms with Crippen molar-refractivity contribution in [3.8, 4) is 0 Å². The first-order chi connectivity index (χ1) is 8.79. The normalized spacial score (nSPS) is 13.7. The third-order valence-electron chi connectivity index (χ3n) is 3.75. The molecule has 0 N–H and O–H groups in total. The number of hydrogen-bond donors (Lipinski definition) is 0. The van der Waals surface area contributed by atoms with Crippen molar-refractivity contribution in [2.75, 3.05) is 0 Å². The quantitative estimate of drug-likeness (QED) is 0.739. The van der Waals surface area contributed by atoms with Crippen LogP contribution in [0, 0.1) is 0 Å². The van der Waals surface area contributed by atoms with Gasteiger partial charge in [0.2, 0.25) is 0 Å². The van der Waals surface area contributed by atoms with E-state index in [-0.39, 0.29) is 5.78 Å². The molecule has 0 heterocycles. The first-order valence-corrected chi connectivity index (χ1v) is 6.54. The van der Waals surface area contributed by atoms with Crippen LogP contribution in [-0.2, 0) is 19.3 Å². The van der Waals surface area contributed by atoms with E-state index in [1.807, 2.05) is 24.3 Å². The minimum absolute atomic E-state index is 0.181. The first kappa shape index (κ1) is 11.2. The van der Waals surface area contributed by atoms with Gasteiger partial charge in [-0.15, -0.1) is 0 Å². The first-order valence-electron chi connectivity index (χ1n) is 6.54. The van der Waals surface area contributed by atoms with E-state index in [9.17, 15) is 4.79 Å². The Morgan fingerprint density at radius 2 is 1.67 bits per heavy atom. The Balaban J connectivity index is 2.15. The van der Waals surface area contributed by atoms with Crippen molar-refractivity contribution in [3.05, 3.63) is 70.3 Å². The number of aryl methyl sites for hydroxylation is 3. The number of carbonyl (C=O) groups is 1. The van der Waals surface area contributed by atoms with Crippen LogP contribution < -0.4 is 0 Å². The van der Waals surface area contributed by atoms with Crippen molar-refractivity contribution in [2.45, 2.75) is 26.2 Å². The van der Waals surface area contributed by atoms with Gasteiger partial charge in [0.15, 0.2) is 5.78 Å². The molecule has 2 aromatic carbocycles. The number of ketones is 1. The van der Waals surface area contributed by atoms with Crippen molar-refractivity contribution in [2.24, 2.45) is 0 Å². The van der Waals surface area contributed by atoms with Gasteiger partial charge >= 0.3 is 0 Å². The minimum atomic E-state index is 0.181. The van der Waals surface area contributed by atoms with Crippen molar-refractivity contribution in [1.29, 1.82) is 0 Å².